The first kappa shape index (κ1) is 15.9. The van der Waals surface area contributed by atoms with E-state index in [1.165, 1.54) is 0 Å². The smallest absolute Gasteiger partial charge is 0.119 e. The lowest BCUT2D eigenvalue weighted by Gasteiger charge is -2.26. The highest BCUT2D eigenvalue weighted by Gasteiger charge is 2.33. The van der Waals surface area contributed by atoms with Gasteiger partial charge in [0.15, 0.2) is 0 Å². The maximum Gasteiger partial charge on any atom is 0.119 e. The first-order valence-electron chi connectivity index (χ1n) is 7.84. The summed E-state index contributed by atoms with van der Waals surface area (Å²) in [6.07, 6.45) is 4.37. The molecule has 0 saturated carbocycles. The van der Waals surface area contributed by atoms with Crippen molar-refractivity contribution in [1.82, 2.24) is 10.3 Å². The average molecular weight is 314 g/mol. The number of aliphatic hydroxyl groups excluding tert-OH is 1. The van der Waals surface area contributed by atoms with Gasteiger partial charge < -0.3 is 19.9 Å². The molecule has 0 bridgehead atoms. The molecule has 3 rings (SSSR count). The lowest BCUT2D eigenvalue weighted by Crippen LogP contribution is -2.48. The van der Waals surface area contributed by atoms with Crippen LogP contribution in [0.15, 0.2) is 48.8 Å². The Balaban J connectivity index is 1.51. The summed E-state index contributed by atoms with van der Waals surface area (Å²) in [6.45, 7) is 2.60. The molecule has 1 fully saturated rings. The number of benzene rings is 1. The van der Waals surface area contributed by atoms with E-state index in [1.54, 1.807) is 12.4 Å². The van der Waals surface area contributed by atoms with E-state index in [4.69, 9.17) is 9.47 Å². The molecule has 1 atom stereocenters. The third kappa shape index (κ3) is 4.28. The number of aromatic nitrogens is 1. The van der Waals surface area contributed by atoms with Crippen molar-refractivity contribution in [1.29, 1.82) is 0 Å². The zero-order valence-corrected chi connectivity index (χ0v) is 13.1. The number of hydrogen-bond donors (Lipinski definition) is 2. The van der Waals surface area contributed by atoms with Gasteiger partial charge in [0.05, 0.1) is 18.8 Å². The van der Waals surface area contributed by atoms with Crippen molar-refractivity contribution < 1.29 is 14.6 Å². The van der Waals surface area contributed by atoms with Crippen molar-refractivity contribution >= 4 is 0 Å². The Morgan fingerprint density at radius 3 is 2.57 bits per heavy atom. The van der Waals surface area contributed by atoms with E-state index in [2.05, 4.69) is 10.3 Å². The van der Waals surface area contributed by atoms with Crippen LogP contribution in [-0.4, -0.2) is 35.5 Å². The highest BCUT2D eigenvalue weighted by Crippen LogP contribution is 2.19. The van der Waals surface area contributed by atoms with Crippen LogP contribution in [0.5, 0.6) is 5.75 Å². The summed E-state index contributed by atoms with van der Waals surface area (Å²) in [5, 5.41) is 13.0. The number of hydrogen-bond acceptors (Lipinski definition) is 5. The Labute approximate surface area is 136 Å². The van der Waals surface area contributed by atoms with Crippen molar-refractivity contribution in [3.05, 3.63) is 59.9 Å². The minimum absolute atomic E-state index is 0.0973. The SMILES string of the molecule is OCC1(NCc2ccc(OCc3ccncc3)cc2)CCOC1. The third-order valence-electron chi connectivity index (χ3n) is 4.15. The van der Waals surface area contributed by atoms with Crippen LogP contribution in [0.3, 0.4) is 0 Å². The predicted octanol–water partition coefficient (Wildman–Crippen LogP) is 1.90. The molecular weight excluding hydrogens is 292 g/mol. The summed E-state index contributed by atoms with van der Waals surface area (Å²) in [6, 6.07) is 11.9. The number of pyridine rings is 1. The van der Waals surface area contributed by atoms with Crippen LogP contribution in [0.1, 0.15) is 17.5 Å². The molecule has 23 heavy (non-hydrogen) atoms. The largest absolute Gasteiger partial charge is 0.489 e. The van der Waals surface area contributed by atoms with Gasteiger partial charge in [0.2, 0.25) is 0 Å². The first-order chi connectivity index (χ1) is 11.3. The second kappa shape index (κ2) is 7.55. The Bertz CT molecular complexity index is 595. The van der Waals surface area contributed by atoms with Crippen molar-refractivity contribution in [3.63, 3.8) is 0 Å². The van der Waals surface area contributed by atoms with Crippen LogP contribution in [0.4, 0.5) is 0 Å². The fraction of sp³-hybridized carbons (Fsp3) is 0.389. The molecule has 1 saturated heterocycles. The molecule has 1 aromatic carbocycles. The van der Waals surface area contributed by atoms with Crippen molar-refractivity contribution in [2.75, 3.05) is 19.8 Å². The number of nitrogens with one attached hydrogen (secondary N) is 1. The van der Waals surface area contributed by atoms with Gasteiger partial charge in [0.25, 0.3) is 0 Å². The van der Waals surface area contributed by atoms with Gasteiger partial charge in [-0.15, -0.1) is 0 Å². The molecule has 1 aromatic heterocycles. The number of ether oxygens (including phenoxy) is 2. The fourth-order valence-corrected chi connectivity index (χ4v) is 2.57. The Morgan fingerprint density at radius 1 is 1.13 bits per heavy atom. The van der Waals surface area contributed by atoms with Gasteiger partial charge in [-0.1, -0.05) is 12.1 Å². The van der Waals surface area contributed by atoms with Gasteiger partial charge in [-0.2, -0.15) is 0 Å². The molecule has 0 radical (unpaired) electrons. The van der Waals surface area contributed by atoms with E-state index < -0.39 is 0 Å². The lowest BCUT2D eigenvalue weighted by atomic mass is 9.99. The summed E-state index contributed by atoms with van der Waals surface area (Å²) in [5.74, 6) is 0.839. The summed E-state index contributed by atoms with van der Waals surface area (Å²) in [7, 11) is 0. The average Bonchev–Trinajstić information content (AvgIpc) is 3.09. The summed E-state index contributed by atoms with van der Waals surface area (Å²) >= 11 is 0. The molecule has 0 spiro atoms. The first-order valence-corrected chi connectivity index (χ1v) is 7.84. The molecule has 122 valence electrons. The zero-order chi connectivity index (χ0) is 16.0. The van der Waals surface area contributed by atoms with E-state index in [-0.39, 0.29) is 12.1 Å². The van der Waals surface area contributed by atoms with Gasteiger partial charge in [0, 0.05) is 25.5 Å². The molecule has 0 amide bonds. The summed E-state index contributed by atoms with van der Waals surface area (Å²) in [4.78, 5) is 3.99. The minimum Gasteiger partial charge on any atom is -0.489 e. The lowest BCUT2D eigenvalue weighted by molar-refractivity contribution is 0.120. The normalized spacial score (nSPS) is 20.6. The van der Waals surface area contributed by atoms with Gasteiger partial charge in [-0.3, -0.25) is 4.98 Å². The van der Waals surface area contributed by atoms with Crippen LogP contribution in [0.25, 0.3) is 0 Å². The molecule has 5 heteroatoms. The predicted molar refractivity (Wildman–Crippen MR) is 87.1 cm³/mol. The van der Waals surface area contributed by atoms with Crippen LogP contribution in [0.2, 0.25) is 0 Å². The maximum absolute atomic E-state index is 9.55. The summed E-state index contributed by atoms with van der Waals surface area (Å²) in [5.41, 5.74) is 1.95. The number of nitrogens with zero attached hydrogens (tertiary/aromatic N) is 1. The minimum atomic E-state index is -0.295. The summed E-state index contributed by atoms with van der Waals surface area (Å²) < 4.78 is 11.1. The van der Waals surface area contributed by atoms with Crippen molar-refractivity contribution in [3.8, 4) is 5.75 Å². The molecule has 1 aliphatic rings. The highest BCUT2D eigenvalue weighted by molar-refractivity contribution is 5.27. The van der Waals surface area contributed by atoms with Gasteiger partial charge in [0.1, 0.15) is 12.4 Å². The Morgan fingerprint density at radius 2 is 1.91 bits per heavy atom. The van der Waals surface area contributed by atoms with E-state index in [0.29, 0.717) is 26.4 Å². The van der Waals surface area contributed by atoms with Crippen LogP contribution >= 0.6 is 0 Å². The molecule has 2 N–H and O–H groups in total. The maximum atomic E-state index is 9.55. The van der Waals surface area contributed by atoms with Gasteiger partial charge >= 0.3 is 0 Å². The van der Waals surface area contributed by atoms with Crippen LogP contribution in [-0.2, 0) is 17.9 Å². The highest BCUT2D eigenvalue weighted by atomic mass is 16.5. The second-order valence-corrected chi connectivity index (χ2v) is 5.88. The topological polar surface area (TPSA) is 63.6 Å². The van der Waals surface area contributed by atoms with E-state index in [9.17, 15) is 5.11 Å². The van der Waals surface area contributed by atoms with Crippen LogP contribution < -0.4 is 10.1 Å². The molecule has 1 unspecified atom stereocenters. The molecular formula is C18H22N2O3. The van der Waals surface area contributed by atoms with Crippen molar-refractivity contribution in [2.45, 2.75) is 25.1 Å². The van der Waals surface area contributed by atoms with Gasteiger partial charge in [-0.05, 0) is 41.8 Å². The number of rotatable bonds is 7. The van der Waals surface area contributed by atoms with E-state index >= 15 is 0 Å². The molecule has 1 aliphatic heterocycles. The van der Waals surface area contributed by atoms with Gasteiger partial charge in [-0.25, -0.2) is 0 Å². The fourth-order valence-electron chi connectivity index (χ4n) is 2.57. The standard InChI is InChI=1S/C18H22N2O3/c21-13-18(7-10-22-14-18)20-11-15-1-3-17(4-2-15)23-12-16-5-8-19-9-6-16/h1-6,8-9,20-21H,7,10-14H2. The molecule has 2 aromatic rings. The monoisotopic (exact) mass is 314 g/mol. The molecule has 0 aliphatic carbocycles. The van der Waals surface area contributed by atoms with Crippen molar-refractivity contribution in [2.24, 2.45) is 0 Å². The molecule has 5 nitrogen and oxygen atoms in total. The quantitative estimate of drug-likeness (QED) is 0.817. The number of aliphatic hydroxyl groups is 1. The Kier molecular flexibility index (Phi) is 5.23. The van der Waals surface area contributed by atoms with E-state index in [1.807, 2.05) is 36.4 Å². The second-order valence-electron chi connectivity index (χ2n) is 5.88. The third-order valence-corrected chi connectivity index (χ3v) is 4.15. The Hall–Kier alpha value is -1.95. The van der Waals surface area contributed by atoms with Crippen LogP contribution in [0, 0.1) is 0 Å². The zero-order valence-electron chi connectivity index (χ0n) is 13.1. The molecule has 2 heterocycles. The van der Waals surface area contributed by atoms with E-state index in [0.717, 1.165) is 23.3 Å².